The predicted molar refractivity (Wildman–Crippen MR) is 68.1 cm³/mol. The van der Waals surface area contributed by atoms with Crippen LogP contribution in [0.3, 0.4) is 0 Å². The summed E-state index contributed by atoms with van der Waals surface area (Å²) in [6.07, 6.45) is 1.84. The number of anilines is 1. The second-order valence-corrected chi connectivity index (χ2v) is 4.03. The molecule has 0 fully saturated rings. The summed E-state index contributed by atoms with van der Waals surface area (Å²) < 4.78 is 7.71. The molecule has 2 rings (SSSR count). The molecule has 0 spiro atoms. The van der Waals surface area contributed by atoms with E-state index in [0.717, 1.165) is 23.7 Å². The maximum absolute atomic E-state index is 5.67. The van der Waals surface area contributed by atoms with Gasteiger partial charge < -0.3 is 15.0 Å². The number of rotatable bonds is 4. The number of hydrogen-bond acceptors (Lipinski definition) is 3. The molecule has 0 atom stereocenters. The van der Waals surface area contributed by atoms with Crippen molar-refractivity contribution in [2.45, 2.75) is 20.4 Å². The standard InChI is InChI=1S/C13H17N3O/c1-10-11(2)16(9-15-10)6-7-17-13-5-3-4-12(14)8-13/h3-5,8-9H,6-7,14H2,1-2H3. The maximum Gasteiger partial charge on any atom is 0.121 e. The van der Waals surface area contributed by atoms with Crippen LogP contribution in [0.2, 0.25) is 0 Å². The minimum Gasteiger partial charge on any atom is -0.492 e. The van der Waals surface area contributed by atoms with Gasteiger partial charge in [0.15, 0.2) is 0 Å². The lowest BCUT2D eigenvalue weighted by Crippen LogP contribution is -2.08. The number of nitrogens with two attached hydrogens (primary N) is 1. The fourth-order valence-corrected chi connectivity index (χ4v) is 1.64. The lowest BCUT2D eigenvalue weighted by atomic mass is 10.3. The maximum atomic E-state index is 5.67. The number of imidazole rings is 1. The molecule has 0 bridgehead atoms. The molecule has 1 heterocycles. The Morgan fingerprint density at radius 2 is 2.18 bits per heavy atom. The van der Waals surface area contributed by atoms with Crippen LogP contribution in [0.25, 0.3) is 0 Å². The van der Waals surface area contributed by atoms with E-state index in [1.54, 1.807) is 0 Å². The molecule has 0 aliphatic heterocycles. The summed E-state index contributed by atoms with van der Waals surface area (Å²) in [6, 6.07) is 7.46. The molecule has 0 radical (unpaired) electrons. The highest BCUT2D eigenvalue weighted by Crippen LogP contribution is 2.14. The molecule has 2 aromatic rings. The molecule has 2 N–H and O–H groups in total. The van der Waals surface area contributed by atoms with Gasteiger partial charge in [-0.2, -0.15) is 0 Å². The zero-order chi connectivity index (χ0) is 12.3. The molecular weight excluding hydrogens is 214 g/mol. The van der Waals surface area contributed by atoms with Crippen LogP contribution in [0.15, 0.2) is 30.6 Å². The van der Waals surface area contributed by atoms with Crippen LogP contribution in [0.1, 0.15) is 11.4 Å². The number of ether oxygens (including phenoxy) is 1. The zero-order valence-electron chi connectivity index (χ0n) is 10.2. The summed E-state index contributed by atoms with van der Waals surface area (Å²) in [5, 5.41) is 0. The first-order valence-corrected chi connectivity index (χ1v) is 5.63. The highest BCUT2D eigenvalue weighted by Gasteiger charge is 2.01. The van der Waals surface area contributed by atoms with Crippen molar-refractivity contribution in [3.05, 3.63) is 42.0 Å². The number of aromatic nitrogens is 2. The van der Waals surface area contributed by atoms with Gasteiger partial charge in [0, 0.05) is 17.4 Å². The zero-order valence-corrected chi connectivity index (χ0v) is 10.2. The number of benzene rings is 1. The summed E-state index contributed by atoms with van der Waals surface area (Å²) in [6.45, 7) is 5.47. The summed E-state index contributed by atoms with van der Waals surface area (Å²) >= 11 is 0. The predicted octanol–water partition coefficient (Wildman–Crippen LogP) is 2.16. The number of hydrogen-bond donors (Lipinski definition) is 1. The molecule has 0 saturated carbocycles. The van der Waals surface area contributed by atoms with Gasteiger partial charge in [-0.15, -0.1) is 0 Å². The Morgan fingerprint density at radius 3 is 2.82 bits per heavy atom. The third kappa shape index (κ3) is 2.78. The van der Waals surface area contributed by atoms with Crippen molar-refractivity contribution in [1.29, 1.82) is 0 Å². The third-order valence-corrected chi connectivity index (χ3v) is 2.80. The molecule has 0 aliphatic carbocycles. The van der Waals surface area contributed by atoms with Crippen LogP contribution in [0, 0.1) is 13.8 Å². The summed E-state index contributed by atoms with van der Waals surface area (Å²) in [5.41, 5.74) is 8.64. The van der Waals surface area contributed by atoms with Crippen LogP contribution in [0.5, 0.6) is 5.75 Å². The van der Waals surface area contributed by atoms with E-state index in [1.807, 2.05) is 37.5 Å². The molecule has 1 aromatic carbocycles. The Labute approximate surface area is 101 Å². The van der Waals surface area contributed by atoms with E-state index in [9.17, 15) is 0 Å². The van der Waals surface area contributed by atoms with Gasteiger partial charge in [0.1, 0.15) is 12.4 Å². The first kappa shape index (κ1) is 11.5. The van der Waals surface area contributed by atoms with Crippen LogP contribution in [0.4, 0.5) is 5.69 Å². The molecule has 4 heteroatoms. The Balaban J connectivity index is 1.90. The molecule has 1 aromatic heterocycles. The Kier molecular flexibility index (Phi) is 3.32. The van der Waals surface area contributed by atoms with Crippen molar-refractivity contribution in [1.82, 2.24) is 9.55 Å². The Bertz CT molecular complexity index is 505. The lowest BCUT2D eigenvalue weighted by molar-refractivity contribution is 0.297. The van der Waals surface area contributed by atoms with Crippen molar-refractivity contribution < 1.29 is 4.74 Å². The van der Waals surface area contributed by atoms with E-state index < -0.39 is 0 Å². The average molecular weight is 231 g/mol. The van der Waals surface area contributed by atoms with E-state index in [0.29, 0.717) is 6.61 Å². The van der Waals surface area contributed by atoms with Gasteiger partial charge in [-0.25, -0.2) is 4.98 Å². The van der Waals surface area contributed by atoms with Gasteiger partial charge in [-0.05, 0) is 26.0 Å². The van der Waals surface area contributed by atoms with Crippen molar-refractivity contribution >= 4 is 5.69 Å². The number of nitrogens with zero attached hydrogens (tertiary/aromatic N) is 2. The van der Waals surface area contributed by atoms with Crippen LogP contribution in [-0.4, -0.2) is 16.2 Å². The number of aryl methyl sites for hydroxylation is 1. The van der Waals surface area contributed by atoms with Gasteiger partial charge >= 0.3 is 0 Å². The van der Waals surface area contributed by atoms with E-state index in [2.05, 4.69) is 16.5 Å². The van der Waals surface area contributed by atoms with Crippen LogP contribution in [-0.2, 0) is 6.54 Å². The van der Waals surface area contributed by atoms with Crippen molar-refractivity contribution in [2.24, 2.45) is 0 Å². The SMILES string of the molecule is Cc1ncn(CCOc2cccc(N)c2)c1C. The molecule has 0 saturated heterocycles. The van der Waals surface area contributed by atoms with Crippen LogP contribution < -0.4 is 10.5 Å². The topological polar surface area (TPSA) is 53.1 Å². The summed E-state index contributed by atoms with van der Waals surface area (Å²) in [5.74, 6) is 0.805. The quantitative estimate of drug-likeness (QED) is 0.820. The highest BCUT2D eigenvalue weighted by molar-refractivity contribution is 5.43. The minimum absolute atomic E-state index is 0.611. The average Bonchev–Trinajstić information content (AvgIpc) is 2.61. The van der Waals surface area contributed by atoms with Gasteiger partial charge in [0.25, 0.3) is 0 Å². The van der Waals surface area contributed by atoms with E-state index in [-0.39, 0.29) is 0 Å². The smallest absolute Gasteiger partial charge is 0.121 e. The van der Waals surface area contributed by atoms with Gasteiger partial charge in [-0.3, -0.25) is 0 Å². The highest BCUT2D eigenvalue weighted by atomic mass is 16.5. The first-order chi connectivity index (χ1) is 8.16. The lowest BCUT2D eigenvalue weighted by Gasteiger charge is -2.08. The largest absolute Gasteiger partial charge is 0.492 e. The molecule has 90 valence electrons. The van der Waals surface area contributed by atoms with Crippen molar-refractivity contribution in [3.63, 3.8) is 0 Å². The third-order valence-electron chi connectivity index (χ3n) is 2.80. The van der Waals surface area contributed by atoms with Gasteiger partial charge in [0.05, 0.1) is 18.6 Å². The Hall–Kier alpha value is -1.97. The number of nitrogen functional groups attached to an aromatic ring is 1. The summed E-state index contributed by atoms with van der Waals surface area (Å²) in [4.78, 5) is 4.24. The molecular formula is C13H17N3O. The second kappa shape index (κ2) is 4.91. The fourth-order valence-electron chi connectivity index (χ4n) is 1.64. The van der Waals surface area contributed by atoms with E-state index >= 15 is 0 Å². The van der Waals surface area contributed by atoms with E-state index in [4.69, 9.17) is 10.5 Å². The normalized spacial score (nSPS) is 10.5. The monoisotopic (exact) mass is 231 g/mol. The molecule has 4 nitrogen and oxygen atoms in total. The molecule has 0 unspecified atom stereocenters. The van der Waals surface area contributed by atoms with Crippen molar-refractivity contribution in [3.8, 4) is 5.75 Å². The fraction of sp³-hybridized carbons (Fsp3) is 0.308. The Morgan fingerprint density at radius 1 is 1.35 bits per heavy atom. The molecule has 0 amide bonds. The van der Waals surface area contributed by atoms with Crippen molar-refractivity contribution in [2.75, 3.05) is 12.3 Å². The summed E-state index contributed by atoms with van der Waals surface area (Å²) in [7, 11) is 0. The molecule has 0 aliphatic rings. The van der Waals surface area contributed by atoms with E-state index in [1.165, 1.54) is 5.69 Å². The molecule has 17 heavy (non-hydrogen) atoms. The van der Waals surface area contributed by atoms with Gasteiger partial charge in [-0.1, -0.05) is 6.07 Å². The minimum atomic E-state index is 0.611. The first-order valence-electron chi connectivity index (χ1n) is 5.63. The second-order valence-electron chi connectivity index (χ2n) is 4.03. The van der Waals surface area contributed by atoms with Crippen LogP contribution >= 0.6 is 0 Å². The van der Waals surface area contributed by atoms with Gasteiger partial charge in [0.2, 0.25) is 0 Å².